The van der Waals surface area contributed by atoms with Gasteiger partial charge in [0.05, 0.1) is 7.05 Å². The molecule has 0 saturated heterocycles. The number of quaternary nitrogens is 1. The highest BCUT2D eigenvalue weighted by Crippen LogP contribution is 2.16. The fourth-order valence-corrected chi connectivity index (χ4v) is 2.51. The van der Waals surface area contributed by atoms with Gasteiger partial charge in [-0.2, -0.15) is 0 Å². The smallest absolute Gasteiger partial charge is 0.279 e. The van der Waals surface area contributed by atoms with Crippen molar-refractivity contribution in [3.63, 3.8) is 0 Å². The van der Waals surface area contributed by atoms with Crippen LogP contribution in [0.5, 0.6) is 5.75 Å². The summed E-state index contributed by atoms with van der Waals surface area (Å²) >= 11 is 5.84. The molecule has 2 N–H and O–H groups in total. The van der Waals surface area contributed by atoms with Gasteiger partial charge in [-0.15, -0.1) is 0 Å². The highest BCUT2D eigenvalue weighted by Gasteiger charge is 2.11. The van der Waals surface area contributed by atoms with Crippen LogP contribution in [0.1, 0.15) is 11.1 Å². The lowest BCUT2D eigenvalue weighted by atomic mass is 10.1. The number of likely N-dealkylation sites (N-methyl/N-ethyl adjacent to an activating group) is 1. The summed E-state index contributed by atoms with van der Waals surface area (Å²) < 4.78 is 5.65. The third-order valence-corrected chi connectivity index (χ3v) is 3.98. The molecule has 128 valence electrons. The van der Waals surface area contributed by atoms with Crippen molar-refractivity contribution in [1.29, 1.82) is 0 Å². The van der Waals surface area contributed by atoms with E-state index in [1.54, 1.807) is 12.1 Å². The molecule has 0 spiro atoms. The number of aryl methyl sites for hydroxylation is 2. The maximum absolute atomic E-state index is 12.1. The van der Waals surface area contributed by atoms with Crippen LogP contribution < -0.4 is 15.0 Å². The van der Waals surface area contributed by atoms with Crippen LogP contribution >= 0.6 is 11.6 Å². The fourth-order valence-electron chi connectivity index (χ4n) is 2.38. The van der Waals surface area contributed by atoms with Gasteiger partial charge in [0.1, 0.15) is 18.9 Å². The summed E-state index contributed by atoms with van der Waals surface area (Å²) in [6.45, 7) is 5.72. The quantitative estimate of drug-likeness (QED) is 0.808. The van der Waals surface area contributed by atoms with E-state index in [4.69, 9.17) is 16.3 Å². The number of anilines is 1. The standard InChI is InChI=1S/C19H23ClN2O2/c1-14-4-9-18(15(2)12-14)21-19(23)13-22(3)10-11-24-17-7-5-16(20)6-8-17/h4-9,12H,10-11,13H2,1-3H3,(H,21,23)/p+1. The molecule has 0 fully saturated rings. The Morgan fingerprint density at radius 3 is 2.54 bits per heavy atom. The molecule has 0 heterocycles. The Labute approximate surface area is 148 Å². The van der Waals surface area contributed by atoms with Gasteiger partial charge in [-0.3, -0.25) is 4.79 Å². The van der Waals surface area contributed by atoms with E-state index in [1.165, 1.54) is 5.56 Å². The van der Waals surface area contributed by atoms with Crippen LogP contribution in [-0.2, 0) is 4.79 Å². The van der Waals surface area contributed by atoms with Gasteiger partial charge in [-0.25, -0.2) is 0 Å². The molecule has 2 rings (SSSR count). The maximum atomic E-state index is 12.1. The largest absolute Gasteiger partial charge is 0.488 e. The van der Waals surface area contributed by atoms with Crippen molar-refractivity contribution in [3.05, 3.63) is 58.6 Å². The average molecular weight is 348 g/mol. The zero-order valence-corrected chi connectivity index (χ0v) is 15.1. The van der Waals surface area contributed by atoms with Crippen molar-refractivity contribution in [3.8, 4) is 5.75 Å². The van der Waals surface area contributed by atoms with Crippen LogP contribution in [0.3, 0.4) is 0 Å². The van der Waals surface area contributed by atoms with E-state index in [1.807, 2.05) is 45.2 Å². The molecule has 4 nitrogen and oxygen atoms in total. The van der Waals surface area contributed by atoms with Gasteiger partial charge < -0.3 is 15.0 Å². The van der Waals surface area contributed by atoms with Crippen molar-refractivity contribution < 1.29 is 14.4 Å². The summed E-state index contributed by atoms with van der Waals surface area (Å²) in [7, 11) is 1.98. The van der Waals surface area contributed by atoms with Gasteiger partial charge in [0.25, 0.3) is 5.91 Å². The molecule has 0 saturated carbocycles. The number of carbonyl (C=O) groups excluding carboxylic acids is 1. The first-order valence-corrected chi connectivity index (χ1v) is 8.38. The number of benzene rings is 2. The third kappa shape index (κ3) is 5.87. The molecule has 2 aromatic carbocycles. The minimum absolute atomic E-state index is 0.00551. The first-order valence-electron chi connectivity index (χ1n) is 8.01. The molecule has 0 aliphatic carbocycles. The Morgan fingerprint density at radius 2 is 1.88 bits per heavy atom. The molecule has 0 radical (unpaired) electrons. The number of amides is 1. The Balaban J connectivity index is 1.74. The van der Waals surface area contributed by atoms with Gasteiger partial charge in [-0.05, 0) is 49.7 Å². The average Bonchev–Trinajstić information content (AvgIpc) is 2.52. The topological polar surface area (TPSA) is 42.8 Å². The van der Waals surface area contributed by atoms with E-state index in [9.17, 15) is 4.79 Å². The highest BCUT2D eigenvalue weighted by molar-refractivity contribution is 6.30. The summed E-state index contributed by atoms with van der Waals surface area (Å²) in [4.78, 5) is 13.2. The second-order valence-corrected chi connectivity index (χ2v) is 6.49. The zero-order chi connectivity index (χ0) is 17.5. The van der Waals surface area contributed by atoms with Gasteiger partial charge in [0, 0.05) is 10.7 Å². The molecular formula is C19H24ClN2O2+. The van der Waals surface area contributed by atoms with E-state index >= 15 is 0 Å². The first kappa shape index (κ1) is 18.3. The summed E-state index contributed by atoms with van der Waals surface area (Å²) in [5.74, 6) is 0.790. The van der Waals surface area contributed by atoms with E-state index in [0.717, 1.165) is 28.4 Å². The number of carbonyl (C=O) groups is 1. The summed E-state index contributed by atoms with van der Waals surface area (Å²) in [5, 5.41) is 3.66. The molecule has 0 aliphatic heterocycles. The highest BCUT2D eigenvalue weighted by atomic mass is 35.5. The molecule has 0 bridgehead atoms. The normalized spacial score (nSPS) is 11.8. The lowest BCUT2D eigenvalue weighted by Gasteiger charge is -2.15. The molecule has 5 heteroatoms. The van der Waals surface area contributed by atoms with Crippen LogP contribution in [0.2, 0.25) is 5.02 Å². The van der Waals surface area contributed by atoms with Gasteiger partial charge in [0.15, 0.2) is 6.54 Å². The molecule has 1 unspecified atom stereocenters. The molecule has 0 aromatic heterocycles. The van der Waals surface area contributed by atoms with Crippen molar-refractivity contribution >= 4 is 23.2 Å². The molecule has 1 atom stereocenters. The van der Waals surface area contributed by atoms with Gasteiger partial charge >= 0.3 is 0 Å². The van der Waals surface area contributed by atoms with Crippen molar-refractivity contribution in [1.82, 2.24) is 0 Å². The van der Waals surface area contributed by atoms with Crippen LogP contribution in [0.15, 0.2) is 42.5 Å². The van der Waals surface area contributed by atoms with E-state index < -0.39 is 0 Å². The lowest BCUT2D eigenvalue weighted by molar-refractivity contribution is -0.871. The van der Waals surface area contributed by atoms with Crippen LogP contribution in [-0.4, -0.2) is 32.7 Å². The number of hydrogen-bond donors (Lipinski definition) is 2. The van der Waals surface area contributed by atoms with E-state index in [0.29, 0.717) is 18.2 Å². The van der Waals surface area contributed by atoms with Crippen molar-refractivity contribution in [2.24, 2.45) is 0 Å². The van der Waals surface area contributed by atoms with E-state index in [2.05, 4.69) is 11.4 Å². The molecule has 0 aliphatic rings. The molecule has 24 heavy (non-hydrogen) atoms. The maximum Gasteiger partial charge on any atom is 0.279 e. The summed E-state index contributed by atoms with van der Waals surface area (Å²) in [6.07, 6.45) is 0. The predicted octanol–water partition coefficient (Wildman–Crippen LogP) is 2.49. The lowest BCUT2D eigenvalue weighted by Crippen LogP contribution is -3.10. The fraction of sp³-hybridized carbons (Fsp3) is 0.316. The minimum Gasteiger partial charge on any atom is -0.488 e. The molecular weight excluding hydrogens is 324 g/mol. The van der Waals surface area contributed by atoms with Crippen LogP contribution in [0, 0.1) is 13.8 Å². The third-order valence-electron chi connectivity index (χ3n) is 3.73. The number of rotatable bonds is 7. The van der Waals surface area contributed by atoms with Gasteiger partial charge in [-0.1, -0.05) is 29.3 Å². The predicted molar refractivity (Wildman–Crippen MR) is 98.1 cm³/mol. The molecule has 1 amide bonds. The second-order valence-electron chi connectivity index (χ2n) is 6.05. The van der Waals surface area contributed by atoms with Crippen molar-refractivity contribution in [2.75, 3.05) is 32.1 Å². The number of ether oxygens (including phenoxy) is 1. The van der Waals surface area contributed by atoms with E-state index in [-0.39, 0.29) is 5.91 Å². The Hall–Kier alpha value is -2.04. The van der Waals surface area contributed by atoms with Crippen LogP contribution in [0.4, 0.5) is 5.69 Å². The minimum atomic E-state index is 0.00551. The summed E-state index contributed by atoms with van der Waals surface area (Å²) in [5.41, 5.74) is 3.13. The number of halogens is 1. The number of nitrogens with one attached hydrogen (secondary N) is 2. The van der Waals surface area contributed by atoms with Gasteiger partial charge in [0.2, 0.25) is 0 Å². The van der Waals surface area contributed by atoms with Crippen LogP contribution in [0.25, 0.3) is 0 Å². The van der Waals surface area contributed by atoms with Crippen molar-refractivity contribution in [2.45, 2.75) is 13.8 Å². The Kier molecular flexibility index (Phi) is 6.64. The molecule has 2 aromatic rings. The SMILES string of the molecule is Cc1ccc(NC(=O)C[NH+](C)CCOc2ccc(Cl)cc2)c(C)c1. The first-order chi connectivity index (χ1) is 11.4. The Morgan fingerprint density at radius 1 is 1.17 bits per heavy atom. The number of hydrogen-bond acceptors (Lipinski definition) is 2. The Bertz CT molecular complexity index is 686. The summed E-state index contributed by atoms with van der Waals surface area (Å²) in [6, 6.07) is 13.3. The zero-order valence-electron chi connectivity index (χ0n) is 14.4. The monoisotopic (exact) mass is 347 g/mol. The second kappa shape index (κ2) is 8.71.